The molecule has 0 N–H and O–H groups in total. The van der Waals surface area contributed by atoms with Gasteiger partial charge in [0.2, 0.25) is 0 Å². The van der Waals surface area contributed by atoms with Crippen LogP contribution in [0.3, 0.4) is 0 Å². The lowest BCUT2D eigenvalue weighted by molar-refractivity contribution is -0.144. The largest absolute Gasteiger partial charge is 0.464 e. The summed E-state index contributed by atoms with van der Waals surface area (Å²) in [6.45, 7) is 6.63. The zero-order valence-electron chi connectivity index (χ0n) is 31.4. The molecule has 5 nitrogen and oxygen atoms in total. The number of halogens is 1. The zero-order valence-corrected chi connectivity index (χ0v) is 32.2. The second-order valence-electron chi connectivity index (χ2n) is 13.4. The Kier molecular flexibility index (Phi) is 41.5. The van der Waals surface area contributed by atoms with Crippen LogP contribution in [-0.4, -0.2) is 50.2 Å². The van der Waals surface area contributed by atoms with Crippen LogP contribution in [0.2, 0.25) is 0 Å². The number of esters is 2. The molecule has 47 heavy (non-hydrogen) atoms. The number of rotatable bonds is 36. The monoisotopic (exact) mass is 684 g/mol. The second-order valence-corrected chi connectivity index (χ2v) is 13.4. The van der Waals surface area contributed by atoms with Gasteiger partial charge < -0.3 is 9.47 Å². The quantitative estimate of drug-likeness (QED) is 0.0374. The Hall–Kier alpha value is -1.33. The predicted molar refractivity (Wildman–Crippen MR) is 206 cm³/mol. The number of allylic oxidation sites excluding steroid dienone is 4. The smallest absolute Gasteiger partial charge is 0.305 e. The maximum Gasteiger partial charge on any atom is 0.305 e. The fourth-order valence-corrected chi connectivity index (χ4v) is 5.57. The Balaban J connectivity index is 0. The molecule has 0 saturated carbocycles. The van der Waals surface area contributed by atoms with Crippen molar-refractivity contribution >= 4 is 24.3 Å². The van der Waals surface area contributed by atoms with Crippen LogP contribution in [0.5, 0.6) is 0 Å². The van der Waals surface area contributed by atoms with Gasteiger partial charge in [0.05, 0.1) is 0 Å². The molecule has 0 amide bonds. The van der Waals surface area contributed by atoms with E-state index in [1.54, 1.807) is 0 Å². The highest BCUT2D eigenvalue weighted by molar-refractivity contribution is 5.85. The number of carbonyl (C=O) groups is 2. The van der Waals surface area contributed by atoms with Gasteiger partial charge in [0, 0.05) is 25.9 Å². The van der Waals surface area contributed by atoms with Crippen molar-refractivity contribution in [1.29, 1.82) is 0 Å². The van der Waals surface area contributed by atoms with Crippen LogP contribution in [0.4, 0.5) is 0 Å². The lowest BCUT2D eigenvalue weighted by atomic mass is 10.1. The van der Waals surface area contributed by atoms with Crippen LogP contribution >= 0.6 is 12.4 Å². The first-order valence-electron chi connectivity index (χ1n) is 19.9. The minimum absolute atomic E-state index is 0. The molecule has 0 heterocycles. The van der Waals surface area contributed by atoms with Crippen LogP contribution in [0.1, 0.15) is 194 Å². The molecule has 278 valence electrons. The van der Waals surface area contributed by atoms with Gasteiger partial charge in [-0.2, -0.15) is 0 Å². The molecular formula is C41H78ClNO4. The molecule has 0 aromatic carbocycles. The van der Waals surface area contributed by atoms with E-state index < -0.39 is 0 Å². The van der Waals surface area contributed by atoms with E-state index >= 15 is 0 Å². The summed E-state index contributed by atoms with van der Waals surface area (Å²) in [6, 6.07) is 0. The van der Waals surface area contributed by atoms with Gasteiger partial charge in [-0.3, -0.25) is 14.5 Å². The summed E-state index contributed by atoms with van der Waals surface area (Å²) in [7, 11) is 1.97. The summed E-state index contributed by atoms with van der Waals surface area (Å²) in [4.78, 5) is 26.1. The van der Waals surface area contributed by atoms with Crippen molar-refractivity contribution in [2.24, 2.45) is 0 Å². The molecule has 0 saturated heterocycles. The maximum absolute atomic E-state index is 12.0. The molecule has 0 unspecified atom stereocenters. The highest BCUT2D eigenvalue weighted by Gasteiger charge is 2.07. The molecule has 0 fully saturated rings. The van der Waals surface area contributed by atoms with E-state index in [-0.39, 0.29) is 24.3 Å². The Morgan fingerprint density at radius 2 is 0.723 bits per heavy atom. The van der Waals surface area contributed by atoms with Gasteiger partial charge in [0.25, 0.3) is 0 Å². The highest BCUT2D eigenvalue weighted by atomic mass is 35.5. The molecule has 0 bridgehead atoms. The van der Waals surface area contributed by atoms with Gasteiger partial charge in [0.1, 0.15) is 13.2 Å². The van der Waals surface area contributed by atoms with Crippen LogP contribution in [0, 0.1) is 0 Å². The molecule has 0 radical (unpaired) electrons. The van der Waals surface area contributed by atoms with Gasteiger partial charge in [-0.25, -0.2) is 0 Å². The number of nitrogens with zero attached hydrogens (tertiary/aromatic N) is 1. The summed E-state index contributed by atoms with van der Waals surface area (Å²) in [5, 5.41) is 0. The second kappa shape index (κ2) is 40.8. The van der Waals surface area contributed by atoms with Crippen LogP contribution in [0.15, 0.2) is 24.3 Å². The number of hydrogen-bond donors (Lipinski definition) is 0. The van der Waals surface area contributed by atoms with Crippen LogP contribution in [0.25, 0.3) is 0 Å². The molecule has 0 rings (SSSR count). The minimum atomic E-state index is -0.0996. The van der Waals surface area contributed by atoms with E-state index in [4.69, 9.17) is 9.47 Å². The Labute approximate surface area is 298 Å². The summed E-state index contributed by atoms with van der Waals surface area (Å²) in [5.74, 6) is -0.199. The third-order valence-electron chi connectivity index (χ3n) is 8.76. The van der Waals surface area contributed by atoms with E-state index in [1.165, 1.54) is 141 Å². The minimum Gasteiger partial charge on any atom is -0.464 e. The summed E-state index contributed by atoms with van der Waals surface area (Å²) < 4.78 is 10.8. The number of carbonyl (C=O) groups excluding carboxylic acids is 2. The normalized spacial score (nSPS) is 11.5. The van der Waals surface area contributed by atoms with Crippen molar-refractivity contribution in [1.82, 2.24) is 4.90 Å². The van der Waals surface area contributed by atoms with Gasteiger partial charge >= 0.3 is 11.9 Å². The Morgan fingerprint density at radius 1 is 0.447 bits per heavy atom. The summed E-state index contributed by atoms with van der Waals surface area (Å²) >= 11 is 0. The molecular weight excluding hydrogens is 606 g/mol. The van der Waals surface area contributed by atoms with Gasteiger partial charge in [0.15, 0.2) is 0 Å². The van der Waals surface area contributed by atoms with Gasteiger partial charge in [-0.1, -0.05) is 141 Å². The van der Waals surface area contributed by atoms with Crippen molar-refractivity contribution in [2.45, 2.75) is 194 Å². The van der Waals surface area contributed by atoms with Crippen LogP contribution in [-0.2, 0) is 19.1 Å². The standard InChI is InChI=1S/C41H77NO4.ClH/c1-4-6-8-10-12-14-16-18-20-22-24-26-28-30-32-34-40(43)45-38-36-42(3)37-39-46-41(44)35-33-31-29-27-25-23-21-19-17-15-13-11-9-7-5-2;/h18-21H,4-17,22-39H2,1-3H3;1H/b20-18-,21-19-;. The average molecular weight is 685 g/mol. The van der Waals surface area contributed by atoms with Gasteiger partial charge in [-0.05, 0) is 71.3 Å². The molecule has 6 heteroatoms. The predicted octanol–water partition coefficient (Wildman–Crippen LogP) is 12.5. The van der Waals surface area contributed by atoms with Crippen molar-refractivity contribution in [3.8, 4) is 0 Å². The van der Waals surface area contributed by atoms with E-state index in [9.17, 15) is 9.59 Å². The molecule has 0 spiro atoms. The lowest BCUT2D eigenvalue weighted by Crippen LogP contribution is -2.28. The molecule has 0 aliphatic carbocycles. The lowest BCUT2D eigenvalue weighted by Gasteiger charge is -2.16. The zero-order chi connectivity index (χ0) is 33.6. The fourth-order valence-electron chi connectivity index (χ4n) is 5.57. The fraction of sp³-hybridized carbons (Fsp3) is 0.854. The van der Waals surface area contributed by atoms with E-state index in [0.29, 0.717) is 39.1 Å². The Morgan fingerprint density at radius 3 is 1.04 bits per heavy atom. The van der Waals surface area contributed by atoms with Crippen molar-refractivity contribution in [3.63, 3.8) is 0 Å². The molecule has 0 aromatic heterocycles. The average Bonchev–Trinajstić information content (AvgIpc) is 3.04. The topological polar surface area (TPSA) is 55.8 Å². The Bertz CT molecular complexity index is 654. The first-order chi connectivity index (χ1) is 22.6. The summed E-state index contributed by atoms with van der Waals surface area (Å²) in [5.41, 5.74) is 0. The third-order valence-corrected chi connectivity index (χ3v) is 8.76. The molecule has 0 atom stereocenters. The van der Waals surface area contributed by atoms with Crippen molar-refractivity contribution < 1.29 is 19.1 Å². The highest BCUT2D eigenvalue weighted by Crippen LogP contribution is 2.12. The van der Waals surface area contributed by atoms with Crippen molar-refractivity contribution in [2.75, 3.05) is 33.4 Å². The SMILES string of the molecule is CCCCCCCC/C=C\CCCCCCCC(=O)OCCN(C)CCOC(=O)CCCCCCC/C=C\CCCCCCCC.Cl. The number of unbranched alkanes of at least 4 members (excludes halogenated alkanes) is 22. The third kappa shape index (κ3) is 40.8. The first-order valence-corrected chi connectivity index (χ1v) is 19.9. The van der Waals surface area contributed by atoms with E-state index in [2.05, 4.69) is 38.2 Å². The van der Waals surface area contributed by atoms with E-state index in [0.717, 1.165) is 25.7 Å². The molecule has 0 aromatic rings. The maximum atomic E-state index is 12.0. The first kappa shape index (κ1) is 47.8. The number of hydrogen-bond acceptors (Lipinski definition) is 5. The molecule has 0 aliphatic heterocycles. The number of likely N-dealkylation sites (N-methyl/N-ethyl adjacent to an activating group) is 1. The van der Waals surface area contributed by atoms with Gasteiger partial charge in [-0.15, -0.1) is 12.4 Å². The van der Waals surface area contributed by atoms with Crippen molar-refractivity contribution in [3.05, 3.63) is 24.3 Å². The van der Waals surface area contributed by atoms with Crippen LogP contribution < -0.4 is 0 Å². The molecule has 0 aliphatic rings. The summed E-state index contributed by atoms with van der Waals surface area (Å²) in [6.07, 6.45) is 43.1. The number of ether oxygens (including phenoxy) is 2. The van der Waals surface area contributed by atoms with E-state index in [1.807, 2.05) is 11.9 Å².